The third-order valence-electron chi connectivity index (χ3n) is 11.0. The molecule has 0 aliphatic heterocycles. The van der Waals surface area contributed by atoms with Gasteiger partial charge in [-0.15, -0.1) is 0 Å². The summed E-state index contributed by atoms with van der Waals surface area (Å²) in [4.78, 5) is 2.33. The Morgan fingerprint density at radius 3 is 1.42 bits per heavy atom. The van der Waals surface area contributed by atoms with Gasteiger partial charge in [0.2, 0.25) is 0 Å². The SMILES string of the molecule is CC1(c2cccc3oc4c(N(c5ccc(-c6ccccc6)cc5)c5ccc(-c6ccccc6)cc5)cccc4c23)c2ccccc2-c2ccccc21. The second kappa shape index (κ2) is 12.0. The van der Waals surface area contributed by atoms with Gasteiger partial charge in [0.1, 0.15) is 5.58 Å². The molecule has 246 valence electrons. The molecule has 1 heterocycles. The minimum absolute atomic E-state index is 0.347. The van der Waals surface area contributed by atoms with Crippen molar-refractivity contribution in [2.45, 2.75) is 12.3 Å². The van der Waals surface area contributed by atoms with Crippen LogP contribution in [0.25, 0.3) is 55.3 Å². The highest BCUT2D eigenvalue weighted by Crippen LogP contribution is 2.55. The first-order chi connectivity index (χ1) is 25.7. The van der Waals surface area contributed by atoms with Crippen LogP contribution >= 0.6 is 0 Å². The monoisotopic (exact) mass is 665 g/mol. The van der Waals surface area contributed by atoms with Crippen molar-refractivity contribution in [3.8, 4) is 33.4 Å². The number of fused-ring (bicyclic) bond motifs is 6. The van der Waals surface area contributed by atoms with E-state index in [0.29, 0.717) is 0 Å². The van der Waals surface area contributed by atoms with Gasteiger partial charge in [0.15, 0.2) is 5.58 Å². The molecule has 52 heavy (non-hydrogen) atoms. The Labute approximate surface area is 303 Å². The minimum atomic E-state index is -0.347. The molecule has 0 saturated heterocycles. The van der Waals surface area contributed by atoms with Crippen molar-refractivity contribution in [3.05, 3.63) is 211 Å². The van der Waals surface area contributed by atoms with Crippen LogP contribution in [0.1, 0.15) is 23.6 Å². The van der Waals surface area contributed by atoms with Gasteiger partial charge in [0.25, 0.3) is 0 Å². The van der Waals surface area contributed by atoms with Crippen LogP contribution in [0.5, 0.6) is 0 Å². The van der Waals surface area contributed by atoms with Crippen molar-refractivity contribution in [3.63, 3.8) is 0 Å². The number of nitrogens with zero attached hydrogens (tertiary/aromatic N) is 1. The van der Waals surface area contributed by atoms with Gasteiger partial charge in [-0.05, 0) is 93.4 Å². The van der Waals surface area contributed by atoms with Gasteiger partial charge in [-0.3, -0.25) is 0 Å². The van der Waals surface area contributed by atoms with E-state index in [-0.39, 0.29) is 5.41 Å². The molecule has 1 aromatic heterocycles. The number of benzene rings is 8. The summed E-state index contributed by atoms with van der Waals surface area (Å²) in [7, 11) is 0. The first-order valence-electron chi connectivity index (χ1n) is 17.9. The van der Waals surface area contributed by atoms with Crippen LogP contribution in [0.2, 0.25) is 0 Å². The minimum Gasteiger partial charge on any atom is -0.454 e. The van der Waals surface area contributed by atoms with Crippen molar-refractivity contribution in [1.82, 2.24) is 0 Å². The van der Waals surface area contributed by atoms with Crippen molar-refractivity contribution in [2.75, 3.05) is 4.90 Å². The molecule has 0 spiro atoms. The Hall–Kier alpha value is -6.64. The fourth-order valence-electron chi connectivity index (χ4n) is 8.46. The molecule has 0 atom stereocenters. The first-order valence-corrected chi connectivity index (χ1v) is 17.9. The van der Waals surface area contributed by atoms with Crippen LogP contribution in [-0.2, 0) is 5.41 Å². The molecule has 1 aliphatic carbocycles. The third-order valence-corrected chi connectivity index (χ3v) is 11.0. The largest absolute Gasteiger partial charge is 0.454 e. The van der Waals surface area contributed by atoms with Gasteiger partial charge in [0.05, 0.1) is 5.69 Å². The Bertz CT molecular complexity index is 2600. The molecule has 0 unspecified atom stereocenters. The highest BCUT2D eigenvalue weighted by molar-refractivity contribution is 6.12. The average Bonchev–Trinajstić information content (AvgIpc) is 3.73. The molecule has 1 aliphatic rings. The first kappa shape index (κ1) is 30.2. The standard InChI is InChI=1S/C50H35NO/c1-50(43-21-10-8-18-40(43)41-19-9-11-22-44(41)50)45-23-13-25-47-48(45)42-20-12-24-46(49(42)52-47)51(38-30-26-36(27-31-38)34-14-4-2-5-15-34)39-32-28-37(29-33-39)35-16-6-3-7-17-35/h2-33H,1H3. The predicted molar refractivity (Wildman–Crippen MR) is 217 cm³/mol. The fourth-order valence-corrected chi connectivity index (χ4v) is 8.46. The van der Waals surface area contributed by atoms with Gasteiger partial charge >= 0.3 is 0 Å². The van der Waals surface area contributed by atoms with Gasteiger partial charge < -0.3 is 9.32 Å². The molecule has 0 fully saturated rings. The summed E-state index contributed by atoms with van der Waals surface area (Å²) in [5.41, 5.74) is 15.8. The highest BCUT2D eigenvalue weighted by atomic mass is 16.3. The maximum Gasteiger partial charge on any atom is 0.159 e. The second-order valence-electron chi connectivity index (χ2n) is 13.8. The van der Waals surface area contributed by atoms with Crippen LogP contribution in [0, 0.1) is 0 Å². The Morgan fingerprint density at radius 1 is 0.404 bits per heavy atom. The Kier molecular flexibility index (Phi) is 6.97. The highest BCUT2D eigenvalue weighted by Gasteiger charge is 2.42. The van der Waals surface area contributed by atoms with Crippen molar-refractivity contribution < 1.29 is 4.42 Å². The fraction of sp³-hybridized carbons (Fsp3) is 0.0400. The summed E-state index contributed by atoms with van der Waals surface area (Å²) in [6.45, 7) is 2.38. The molecule has 2 heteroatoms. The molecule has 0 N–H and O–H groups in total. The number of furan rings is 1. The summed E-state index contributed by atoms with van der Waals surface area (Å²) in [5, 5.41) is 2.27. The van der Waals surface area contributed by atoms with Gasteiger partial charge in [0, 0.05) is 27.6 Å². The van der Waals surface area contributed by atoms with E-state index < -0.39 is 0 Å². The van der Waals surface area contributed by atoms with E-state index in [1.165, 1.54) is 50.1 Å². The van der Waals surface area contributed by atoms with Gasteiger partial charge in [-0.25, -0.2) is 0 Å². The van der Waals surface area contributed by atoms with Crippen molar-refractivity contribution in [2.24, 2.45) is 0 Å². The van der Waals surface area contributed by atoms with Crippen molar-refractivity contribution >= 4 is 39.0 Å². The molecule has 10 rings (SSSR count). The lowest BCUT2D eigenvalue weighted by atomic mass is 9.73. The molecule has 0 saturated carbocycles. The molecule has 8 aromatic carbocycles. The Balaban J connectivity index is 1.17. The molecular formula is C50H35NO. The van der Waals surface area contributed by atoms with E-state index in [9.17, 15) is 0 Å². The number of para-hydroxylation sites is 1. The molecule has 2 nitrogen and oxygen atoms in total. The van der Waals surface area contributed by atoms with Crippen LogP contribution in [0.3, 0.4) is 0 Å². The van der Waals surface area contributed by atoms with Gasteiger partial charge in [-0.2, -0.15) is 0 Å². The number of anilines is 3. The number of hydrogen-bond donors (Lipinski definition) is 0. The number of rotatable bonds is 6. The zero-order chi connectivity index (χ0) is 34.6. The lowest BCUT2D eigenvalue weighted by molar-refractivity contribution is 0.666. The molecular weight excluding hydrogens is 631 g/mol. The van der Waals surface area contributed by atoms with Crippen molar-refractivity contribution in [1.29, 1.82) is 0 Å². The zero-order valence-corrected chi connectivity index (χ0v) is 28.8. The molecule has 9 aromatic rings. The topological polar surface area (TPSA) is 16.4 Å². The van der Waals surface area contributed by atoms with E-state index >= 15 is 0 Å². The molecule has 0 amide bonds. The van der Waals surface area contributed by atoms with E-state index in [4.69, 9.17) is 4.42 Å². The van der Waals surface area contributed by atoms with E-state index in [1.54, 1.807) is 0 Å². The van der Waals surface area contributed by atoms with Crippen LogP contribution in [0.15, 0.2) is 199 Å². The lowest BCUT2D eigenvalue weighted by Crippen LogP contribution is -2.22. The van der Waals surface area contributed by atoms with Crippen LogP contribution in [-0.4, -0.2) is 0 Å². The zero-order valence-electron chi connectivity index (χ0n) is 28.8. The molecule has 0 bridgehead atoms. The smallest absolute Gasteiger partial charge is 0.159 e. The normalized spacial score (nSPS) is 12.9. The maximum absolute atomic E-state index is 6.97. The number of hydrogen-bond acceptors (Lipinski definition) is 2. The average molecular weight is 666 g/mol. The van der Waals surface area contributed by atoms with Gasteiger partial charge in [-0.1, -0.05) is 158 Å². The summed E-state index contributed by atoms with van der Waals surface area (Å²) in [6, 6.07) is 69.7. The quantitative estimate of drug-likeness (QED) is 0.176. The van der Waals surface area contributed by atoms with E-state index in [0.717, 1.165) is 39.0 Å². The Morgan fingerprint density at radius 2 is 0.865 bits per heavy atom. The summed E-state index contributed by atoms with van der Waals surface area (Å²) in [6.07, 6.45) is 0. The van der Waals surface area contributed by atoms with Crippen LogP contribution in [0.4, 0.5) is 17.1 Å². The van der Waals surface area contributed by atoms with Crippen LogP contribution < -0.4 is 4.90 Å². The summed E-state index contributed by atoms with van der Waals surface area (Å²) in [5.74, 6) is 0. The second-order valence-corrected chi connectivity index (χ2v) is 13.8. The third kappa shape index (κ3) is 4.65. The predicted octanol–water partition coefficient (Wildman–Crippen LogP) is 13.7. The summed E-state index contributed by atoms with van der Waals surface area (Å²) >= 11 is 0. The molecule has 0 radical (unpaired) electrons. The van der Waals surface area contributed by atoms with E-state index in [1.807, 2.05) is 0 Å². The maximum atomic E-state index is 6.97. The lowest BCUT2D eigenvalue weighted by Gasteiger charge is -2.29. The van der Waals surface area contributed by atoms with E-state index in [2.05, 4.69) is 206 Å². The summed E-state index contributed by atoms with van der Waals surface area (Å²) < 4.78 is 6.97.